The minimum atomic E-state index is -0.789. The van der Waals surface area contributed by atoms with Gasteiger partial charge in [-0.2, -0.15) is 0 Å². The molecule has 17 heavy (non-hydrogen) atoms. The van der Waals surface area contributed by atoms with Gasteiger partial charge < -0.3 is 15.9 Å². The van der Waals surface area contributed by atoms with Gasteiger partial charge in [0.2, 0.25) is 0 Å². The van der Waals surface area contributed by atoms with Crippen molar-refractivity contribution in [3.05, 3.63) is 22.9 Å². The summed E-state index contributed by atoms with van der Waals surface area (Å²) < 4.78 is 0. The molecule has 94 valence electrons. The number of aliphatic hydroxyl groups excluding tert-OH is 2. The predicted octanol–water partition coefficient (Wildman–Crippen LogP) is 0.428. The van der Waals surface area contributed by atoms with Crippen LogP contribution in [0.1, 0.15) is 16.8 Å². The Labute approximate surface area is 105 Å². The lowest BCUT2D eigenvalue weighted by atomic mass is 10.1. The van der Waals surface area contributed by atoms with E-state index in [0.717, 1.165) is 11.3 Å². The molecule has 1 rings (SSSR count). The fourth-order valence-corrected chi connectivity index (χ4v) is 2.54. The van der Waals surface area contributed by atoms with E-state index >= 15 is 0 Å². The summed E-state index contributed by atoms with van der Waals surface area (Å²) in [6.45, 7) is 3.45. The van der Waals surface area contributed by atoms with E-state index in [1.54, 1.807) is 0 Å². The lowest BCUT2D eigenvalue weighted by Gasteiger charge is -2.12. The molecular weight excluding hydrogens is 238 g/mol. The van der Waals surface area contributed by atoms with Crippen molar-refractivity contribution < 1.29 is 10.2 Å². The summed E-state index contributed by atoms with van der Waals surface area (Å²) in [5, 5.41) is 26.2. The van der Waals surface area contributed by atoms with Gasteiger partial charge in [0.15, 0.2) is 0 Å². The average Bonchev–Trinajstić information content (AvgIpc) is 2.24. The van der Waals surface area contributed by atoms with Gasteiger partial charge in [-0.05, 0) is 25.5 Å². The minimum Gasteiger partial charge on any atom is -0.394 e. The first kappa shape index (κ1) is 14.0. The zero-order valence-corrected chi connectivity index (χ0v) is 10.7. The number of aromatic nitrogens is 1. The van der Waals surface area contributed by atoms with Crippen molar-refractivity contribution in [1.82, 2.24) is 4.98 Å². The Bertz CT molecular complexity index is 423. The topological polar surface area (TPSA) is 103 Å². The SMILES string of the molecule is Cc1cc(C)c(C(=N)N)c(SCC(O)CO)n1. The molecule has 0 radical (unpaired) electrons. The molecule has 1 unspecified atom stereocenters. The number of aliphatic hydroxyl groups is 2. The van der Waals surface area contributed by atoms with Crippen molar-refractivity contribution in [2.75, 3.05) is 12.4 Å². The summed E-state index contributed by atoms with van der Waals surface area (Å²) in [6.07, 6.45) is -0.789. The summed E-state index contributed by atoms with van der Waals surface area (Å²) in [5.74, 6) is 0.295. The predicted molar refractivity (Wildman–Crippen MR) is 68.5 cm³/mol. The van der Waals surface area contributed by atoms with Gasteiger partial charge in [-0.3, -0.25) is 5.41 Å². The van der Waals surface area contributed by atoms with Crippen LogP contribution in [-0.2, 0) is 0 Å². The van der Waals surface area contributed by atoms with E-state index in [0.29, 0.717) is 16.3 Å². The molecule has 0 saturated carbocycles. The Morgan fingerprint density at radius 1 is 1.59 bits per heavy atom. The van der Waals surface area contributed by atoms with Crippen molar-refractivity contribution in [3.8, 4) is 0 Å². The Balaban J connectivity index is 3.00. The van der Waals surface area contributed by atoms with E-state index < -0.39 is 6.10 Å². The first-order chi connectivity index (χ1) is 7.95. The van der Waals surface area contributed by atoms with Gasteiger partial charge in [0.25, 0.3) is 0 Å². The molecule has 1 aromatic rings. The molecule has 5 N–H and O–H groups in total. The van der Waals surface area contributed by atoms with E-state index in [1.165, 1.54) is 11.8 Å². The second-order valence-corrected chi connectivity index (χ2v) is 4.83. The van der Waals surface area contributed by atoms with Gasteiger partial charge in [0, 0.05) is 11.4 Å². The summed E-state index contributed by atoms with van der Waals surface area (Å²) in [4.78, 5) is 4.31. The molecule has 1 aromatic heterocycles. The number of thioether (sulfide) groups is 1. The summed E-state index contributed by atoms with van der Waals surface area (Å²) >= 11 is 1.29. The van der Waals surface area contributed by atoms with Crippen molar-refractivity contribution in [1.29, 1.82) is 5.41 Å². The molecule has 6 heteroatoms. The van der Waals surface area contributed by atoms with E-state index in [4.69, 9.17) is 16.2 Å². The van der Waals surface area contributed by atoms with E-state index in [2.05, 4.69) is 4.98 Å². The van der Waals surface area contributed by atoms with Crippen LogP contribution in [0.4, 0.5) is 0 Å². The summed E-state index contributed by atoms with van der Waals surface area (Å²) in [6, 6.07) is 1.86. The first-order valence-electron chi connectivity index (χ1n) is 5.20. The molecule has 0 saturated heterocycles. The minimum absolute atomic E-state index is 0.0315. The third-order valence-corrected chi connectivity index (χ3v) is 3.32. The van der Waals surface area contributed by atoms with Gasteiger partial charge >= 0.3 is 0 Å². The highest BCUT2D eigenvalue weighted by atomic mass is 32.2. The second kappa shape index (κ2) is 6.00. The lowest BCUT2D eigenvalue weighted by Crippen LogP contribution is -2.18. The maximum Gasteiger partial charge on any atom is 0.125 e. The van der Waals surface area contributed by atoms with Gasteiger partial charge in [0.05, 0.1) is 18.3 Å². The van der Waals surface area contributed by atoms with Crippen molar-refractivity contribution in [2.45, 2.75) is 25.0 Å². The van der Waals surface area contributed by atoms with Gasteiger partial charge in [-0.1, -0.05) is 0 Å². The van der Waals surface area contributed by atoms with E-state index in [-0.39, 0.29) is 12.4 Å². The molecule has 0 bridgehead atoms. The second-order valence-electron chi connectivity index (χ2n) is 3.82. The Morgan fingerprint density at radius 2 is 2.24 bits per heavy atom. The smallest absolute Gasteiger partial charge is 0.125 e. The molecule has 0 amide bonds. The fourth-order valence-electron chi connectivity index (χ4n) is 1.46. The zero-order chi connectivity index (χ0) is 13.0. The fraction of sp³-hybridized carbons (Fsp3) is 0.455. The van der Waals surface area contributed by atoms with Crippen LogP contribution in [0.15, 0.2) is 11.1 Å². The highest BCUT2D eigenvalue weighted by Crippen LogP contribution is 2.24. The Kier molecular flexibility index (Phi) is 4.92. The lowest BCUT2D eigenvalue weighted by molar-refractivity contribution is 0.113. The maximum atomic E-state index is 9.30. The monoisotopic (exact) mass is 255 g/mol. The highest BCUT2D eigenvalue weighted by molar-refractivity contribution is 7.99. The first-order valence-corrected chi connectivity index (χ1v) is 6.18. The summed E-state index contributed by atoms with van der Waals surface area (Å²) in [5.41, 5.74) is 7.86. The Morgan fingerprint density at radius 3 is 2.76 bits per heavy atom. The number of nitrogen functional groups attached to an aromatic ring is 1. The van der Waals surface area contributed by atoms with Crippen LogP contribution in [-0.4, -0.2) is 39.5 Å². The molecule has 0 aliphatic heterocycles. The van der Waals surface area contributed by atoms with Crippen LogP contribution in [0.5, 0.6) is 0 Å². The number of aryl methyl sites for hydroxylation is 2. The molecular formula is C11H17N3O2S. The summed E-state index contributed by atoms with van der Waals surface area (Å²) in [7, 11) is 0. The normalized spacial score (nSPS) is 12.5. The van der Waals surface area contributed by atoms with Crippen molar-refractivity contribution >= 4 is 17.6 Å². The van der Waals surface area contributed by atoms with Gasteiger partial charge in [-0.25, -0.2) is 4.98 Å². The van der Waals surface area contributed by atoms with Crippen LogP contribution in [0.2, 0.25) is 0 Å². The third-order valence-electron chi connectivity index (χ3n) is 2.20. The molecule has 0 aliphatic carbocycles. The molecule has 1 heterocycles. The molecule has 0 fully saturated rings. The van der Waals surface area contributed by atoms with E-state index in [9.17, 15) is 5.11 Å². The van der Waals surface area contributed by atoms with Crippen LogP contribution in [0.3, 0.4) is 0 Å². The van der Waals surface area contributed by atoms with Crippen molar-refractivity contribution in [2.24, 2.45) is 5.73 Å². The number of rotatable bonds is 5. The molecule has 0 spiro atoms. The number of amidine groups is 1. The number of hydrogen-bond acceptors (Lipinski definition) is 5. The van der Waals surface area contributed by atoms with E-state index in [1.807, 2.05) is 19.9 Å². The highest BCUT2D eigenvalue weighted by Gasteiger charge is 2.13. The number of nitrogens with two attached hydrogens (primary N) is 1. The number of nitrogens with one attached hydrogen (secondary N) is 1. The van der Waals surface area contributed by atoms with Gasteiger partial charge in [-0.15, -0.1) is 11.8 Å². The maximum absolute atomic E-state index is 9.30. The molecule has 1 atom stereocenters. The number of pyridine rings is 1. The van der Waals surface area contributed by atoms with Gasteiger partial charge in [0.1, 0.15) is 10.9 Å². The standard InChI is InChI=1S/C11H17N3O2S/c1-6-3-7(2)14-11(9(6)10(12)13)17-5-8(16)4-15/h3,8,15-16H,4-5H2,1-2H3,(H3,12,13). The number of hydrogen-bond donors (Lipinski definition) is 4. The molecule has 0 aromatic carbocycles. The zero-order valence-electron chi connectivity index (χ0n) is 9.90. The number of nitrogens with zero attached hydrogens (tertiary/aromatic N) is 1. The Hall–Kier alpha value is -1.11. The molecule has 0 aliphatic rings. The molecule has 5 nitrogen and oxygen atoms in total. The van der Waals surface area contributed by atoms with Crippen molar-refractivity contribution in [3.63, 3.8) is 0 Å². The third kappa shape index (κ3) is 3.69. The quantitative estimate of drug-likeness (QED) is 0.347. The van der Waals surface area contributed by atoms with Crippen LogP contribution >= 0.6 is 11.8 Å². The van der Waals surface area contributed by atoms with Crippen LogP contribution in [0, 0.1) is 19.3 Å². The van der Waals surface area contributed by atoms with Crippen LogP contribution in [0.25, 0.3) is 0 Å². The average molecular weight is 255 g/mol. The van der Waals surface area contributed by atoms with Crippen LogP contribution < -0.4 is 5.73 Å². The largest absolute Gasteiger partial charge is 0.394 e.